The van der Waals surface area contributed by atoms with Crippen molar-refractivity contribution in [3.63, 3.8) is 0 Å². The molecule has 0 aliphatic heterocycles. The molecule has 16 nitrogen and oxygen atoms in total. The molecule has 8 aromatic rings. The number of carbonyl (C=O) groups excluding carboxylic acids is 4. The third-order valence-electron chi connectivity index (χ3n) is 12.0. The monoisotopic (exact) mass is 1150 g/mol. The fourth-order valence-electron chi connectivity index (χ4n) is 8.19. The number of nitrogens with one attached hydrogen (secondary N) is 2. The van der Waals surface area contributed by atoms with E-state index in [0.29, 0.717) is 68.7 Å². The van der Waals surface area contributed by atoms with Crippen molar-refractivity contribution in [2.45, 2.75) is 105 Å². The van der Waals surface area contributed by atoms with Crippen molar-refractivity contribution in [1.82, 2.24) is 35.0 Å². The molecule has 6 aromatic carbocycles. The van der Waals surface area contributed by atoms with Gasteiger partial charge in [-0.05, 0) is 87.9 Å². The second kappa shape index (κ2) is 29.4. The molecule has 2 heterocycles. The number of hydrazine groups is 2. The average molecular weight is 1150 g/mol. The number of halogens is 2. The second-order valence-corrected chi connectivity index (χ2v) is 22.6. The number of amides is 2. The fraction of sp³-hybridized carbons (Fsp3) is 0.281. The molecule has 0 aliphatic carbocycles. The second-order valence-electron chi connectivity index (χ2n) is 21.8. The molecule has 0 unspecified atom stereocenters. The third-order valence-corrected chi connectivity index (χ3v) is 12.6. The number of aromatic hydroxyl groups is 2. The Labute approximate surface area is 490 Å². The molecular formula is C64H74Cl2N8O8. The van der Waals surface area contributed by atoms with Gasteiger partial charge in [0.2, 0.25) is 0 Å². The number of hydrogen-bond acceptors (Lipinski definition) is 12. The number of nitrogens with zero attached hydrogens (tertiary/aromatic N) is 5. The summed E-state index contributed by atoms with van der Waals surface area (Å²) in [5.74, 6) is 7.67. The molecule has 6 N–H and O–H groups in total. The fourth-order valence-corrected chi connectivity index (χ4v) is 8.64. The van der Waals surface area contributed by atoms with Gasteiger partial charge in [0.25, 0.3) is 11.8 Å². The van der Waals surface area contributed by atoms with Gasteiger partial charge in [-0.3, -0.25) is 30.0 Å². The number of rotatable bonds is 15. The standard InChI is InChI=1S/C32H37ClN4O3.C15H18N2O.C10H13ClN2O2.C7H6O2/c1-21(2)40-29-16-15-24(17-26(29)33)30(39)35-37(19-25-9-7-8-10-28(25)38)18-22-11-13-23(14-12-22)27-20-36(6)31(34-27)32(3,4)5;1-15(2,3)14-16-13(9-17(14)4)12-7-5-11(10-18)6-8-12;1-6(2)15-9-4-3-7(5-8(9)11)10(14)13-12;8-5-6-3-1-2-4-7(6)9/h7-17,20-21,38H,18-19H2,1-6H3,(H,35,39);5-10H,1-4H3;3-6H,12H2,1-2H3,(H,13,14);1-5,9H. The highest BCUT2D eigenvalue weighted by atomic mass is 35.5. The minimum absolute atomic E-state index is 0.0235. The van der Waals surface area contributed by atoms with Crippen LogP contribution in [0.4, 0.5) is 0 Å². The molecule has 0 spiro atoms. The lowest BCUT2D eigenvalue weighted by Crippen LogP contribution is -2.41. The number of ether oxygens (including phenoxy) is 2. The molecule has 0 saturated carbocycles. The van der Waals surface area contributed by atoms with Crippen molar-refractivity contribution in [1.29, 1.82) is 0 Å². The van der Waals surface area contributed by atoms with Gasteiger partial charge in [-0.2, -0.15) is 0 Å². The van der Waals surface area contributed by atoms with Crippen molar-refractivity contribution in [2.75, 3.05) is 0 Å². The van der Waals surface area contributed by atoms with E-state index >= 15 is 0 Å². The van der Waals surface area contributed by atoms with Gasteiger partial charge in [0.05, 0.1) is 39.2 Å². The lowest BCUT2D eigenvalue weighted by atomic mass is 9.96. The van der Waals surface area contributed by atoms with E-state index in [4.69, 9.17) is 48.6 Å². The van der Waals surface area contributed by atoms with E-state index in [-0.39, 0.29) is 46.4 Å². The number of imidazole rings is 2. The zero-order valence-electron chi connectivity index (χ0n) is 48.5. The quantitative estimate of drug-likeness (QED) is 0.0280. The SMILES string of the molecule is CC(C)Oc1ccc(C(=O)NN(Cc2ccc(-c3cn(C)c(C(C)(C)C)n3)cc2)Cc2ccccc2O)cc1Cl.CC(C)Oc1ccc(C(=O)NN)cc1Cl.Cn1cc(-c2ccc(C=O)cc2)nc1C(C)(C)C.O=Cc1ccccc1O. The normalized spacial score (nSPS) is 11.1. The zero-order valence-corrected chi connectivity index (χ0v) is 50.0. The van der Waals surface area contributed by atoms with E-state index in [2.05, 4.69) is 61.1 Å². The zero-order chi connectivity index (χ0) is 60.5. The average Bonchev–Trinajstić information content (AvgIpc) is 4.20. The molecule has 8 rings (SSSR count). The highest BCUT2D eigenvalue weighted by Crippen LogP contribution is 2.30. The summed E-state index contributed by atoms with van der Waals surface area (Å²) in [6.07, 6.45) is 5.55. The number of carbonyl (C=O) groups is 4. The van der Waals surface area contributed by atoms with Gasteiger partial charge in [0, 0.05) is 83.8 Å². The summed E-state index contributed by atoms with van der Waals surface area (Å²) in [5.41, 5.74) is 12.4. The number of phenols is 2. The van der Waals surface area contributed by atoms with E-state index in [1.165, 1.54) is 12.1 Å². The Morgan fingerprint density at radius 2 is 1.07 bits per heavy atom. The van der Waals surface area contributed by atoms with Crippen LogP contribution in [0.15, 0.2) is 146 Å². The summed E-state index contributed by atoms with van der Waals surface area (Å²) < 4.78 is 15.2. The Bertz CT molecular complexity index is 3420. The Morgan fingerprint density at radius 1 is 0.622 bits per heavy atom. The van der Waals surface area contributed by atoms with Crippen molar-refractivity contribution in [3.05, 3.63) is 201 Å². The van der Waals surface area contributed by atoms with E-state index in [1.807, 2.05) is 120 Å². The van der Waals surface area contributed by atoms with Crippen LogP contribution in [-0.4, -0.2) is 70.9 Å². The number of para-hydroxylation sites is 2. The molecule has 18 heteroatoms. The smallest absolute Gasteiger partial charge is 0.265 e. The maximum atomic E-state index is 13.2. The van der Waals surface area contributed by atoms with E-state index in [0.717, 1.165) is 46.0 Å². The summed E-state index contributed by atoms with van der Waals surface area (Å²) in [5, 5.41) is 21.8. The van der Waals surface area contributed by atoms with E-state index in [9.17, 15) is 24.3 Å². The maximum Gasteiger partial charge on any atom is 0.265 e. The lowest BCUT2D eigenvalue weighted by Gasteiger charge is -2.24. The van der Waals surface area contributed by atoms with Gasteiger partial charge in [-0.1, -0.05) is 144 Å². The number of benzene rings is 6. The molecule has 2 aromatic heterocycles. The van der Waals surface area contributed by atoms with Crippen LogP contribution in [0, 0.1) is 0 Å². The van der Waals surface area contributed by atoms with Crippen LogP contribution < -0.4 is 26.2 Å². The van der Waals surface area contributed by atoms with E-state index < -0.39 is 0 Å². The van der Waals surface area contributed by atoms with Gasteiger partial charge in [-0.25, -0.2) is 20.8 Å². The minimum Gasteiger partial charge on any atom is -0.508 e. The molecule has 2 amide bonds. The summed E-state index contributed by atoms with van der Waals surface area (Å²) in [7, 11) is 4.03. The van der Waals surface area contributed by atoms with Crippen molar-refractivity contribution in [3.8, 4) is 45.5 Å². The first-order chi connectivity index (χ1) is 38.7. The number of aromatic nitrogens is 4. The maximum absolute atomic E-state index is 13.2. The number of aldehydes is 2. The number of phenolic OH excluding ortho intramolecular Hbond substituents is 2. The first-order valence-electron chi connectivity index (χ1n) is 26.4. The summed E-state index contributed by atoms with van der Waals surface area (Å²) in [6, 6.07) is 38.9. The number of hydrogen-bond donors (Lipinski definition) is 5. The Hall–Kier alpha value is -8.28. The van der Waals surface area contributed by atoms with Crippen LogP contribution in [0.1, 0.15) is 133 Å². The first-order valence-corrected chi connectivity index (χ1v) is 27.2. The third kappa shape index (κ3) is 18.9. The Morgan fingerprint density at radius 3 is 1.46 bits per heavy atom. The van der Waals surface area contributed by atoms with Crippen molar-refractivity contribution in [2.24, 2.45) is 19.9 Å². The lowest BCUT2D eigenvalue weighted by molar-refractivity contribution is 0.0756. The predicted octanol–water partition coefficient (Wildman–Crippen LogP) is 13.0. The first kappa shape index (κ1) is 64.5. The van der Waals surface area contributed by atoms with Crippen LogP contribution in [0.2, 0.25) is 10.0 Å². The highest BCUT2D eigenvalue weighted by molar-refractivity contribution is 6.32. The summed E-state index contributed by atoms with van der Waals surface area (Å²) in [4.78, 5) is 54.6. The number of nitrogens with two attached hydrogens (primary N) is 1. The molecular weight excluding hydrogens is 1080 g/mol. The summed E-state index contributed by atoms with van der Waals surface area (Å²) >= 11 is 12.3. The van der Waals surface area contributed by atoms with Crippen LogP contribution >= 0.6 is 23.2 Å². The van der Waals surface area contributed by atoms with Gasteiger partial charge >= 0.3 is 0 Å². The highest BCUT2D eigenvalue weighted by Gasteiger charge is 2.23. The number of nitrogen functional groups attached to an aromatic ring is 1. The van der Waals surface area contributed by atoms with Crippen molar-refractivity contribution >= 4 is 47.6 Å². The molecule has 0 saturated heterocycles. The van der Waals surface area contributed by atoms with Crippen LogP contribution in [-0.2, 0) is 38.0 Å². The predicted molar refractivity (Wildman–Crippen MR) is 324 cm³/mol. The Kier molecular flexibility index (Phi) is 23.2. The molecule has 0 fully saturated rings. The molecule has 0 aliphatic rings. The summed E-state index contributed by atoms with van der Waals surface area (Å²) in [6.45, 7) is 21.2. The van der Waals surface area contributed by atoms with Crippen molar-refractivity contribution < 1.29 is 38.9 Å². The van der Waals surface area contributed by atoms with Gasteiger partial charge in [0.1, 0.15) is 40.9 Å². The largest absolute Gasteiger partial charge is 0.508 e. The molecule has 0 bridgehead atoms. The van der Waals surface area contributed by atoms with Crippen LogP contribution in [0.5, 0.6) is 23.0 Å². The van der Waals surface area contributed by atoms with Crippen LogP contribution in [0.3, 0.4) is 0 Å². The van der Waals surface area contributed by atoms with Crippen LogP contribution in [0.25, 0.3) is 22.5 Å². The molecule has 432 valence electrons. The topological polar surface area (TPSA) is 216 Å². The molecule has 0 atom stereocenters. The molecule has 0 radical (unpaired) electrons. The van der Waals surface area contributed by atoms with Gasteiger partial charge in [-0.15, -0.1) is 0 Å². The van der Waals surface area contributed by atoms with Gasteiger partial charge in [0.15, 0.2) is 6.29 Å². The molecule has 82 heavy (non-hydrogen) atoms. The van der Waals surface area contributed by atoms with Gasteiger partial charge < -0.3 is 28.8 Å². The number of aryl methyl sites for hydroxylation is 2. The Balaban J connectivity index is 0.000000239. The minimum atomic E-state index is -0.381. The van der Waals surface area contributed by atoms with E-state index in [1.54, 1.807) is 65.7 Å².